The van der Waals surface area contributed by atoms with Crippen LogP contribution in [0.4, 0.5) is 13.2 Å². The van der Waals surface area contributed by atoms with E-state index in [0.29, 0.717) is 5.89 Å². The Morgan fingerprint density at radius 2 is 2.18 bits per heavy atom. The molecule has 0 radical (unpaired) electrons. The van der Waals surface area contributed by atoms with Crippen molar-refractivity contribution in [2.45, 2.75) is 37.9 Å². The maximum atomic E-state index is 12.9. The van der Waals surface area contributed by atoms with E-state index in [9.17, 15) is 13.2 Å². The predicted octanol–water partition coefficient (Wildman–Crippen LogP) is 3.81. The SMILES string of the molecule is C[C@H](c1nc(-c2cccc(C(F)(F)F)c2)no1)N1CCC[C@@H](c2ncn[nH]2)C1. The fourth-order valence-electron chi connectivity index (χ4n) is 3.51. The van der Waals surface area contributed by atoms with Crippen LogP contribution in [0, 0.1) is 0 Å². The molecule has 0 unspecified atom stereocenters. The van der Waals surface area contributed by atoms with Crippen molar-refractivity contribution in [3.8, 4) is 11.4 Å². The van der Waals surface area contributed by atoms with Crippen LogP contribution in [0.25, 0.3) is 11.4 Å². The molecule has 1 aliphatic rings. The Bertz CT molecular complexity index is 924. The molecule has 3 aromatic rings. The Balaban J connectivity index is 1.51. The van der Waals surface area contributed by atoms with Gasteiger partial charge < -0.3 is 4.52 Å². The number of nitrogens with one attached hydrogen (secondary N) is 1. The lowest BCUT2D eigenvalue weighted by atomic mass is 9.96. The number of likely N-dealkylation sites (tertiary alicyclic amines) is 1. The number of alkyl halides is 3. The van der Waals surface area contributed by atoms with Crippen LogP contribution in [-0.4, -0.2) is 43.3 Å². The summed E-state index contributed by atoms with van der Waals surface area (Å²) in [6.45, 7) is 3.58. The van der Waals surface area contributed by atoms with E-state index in [0.717, 1.165) is 43.9 Å². The number of nitrogens with zero attached hydrogens (tertiary/aromatic N) is 5. The van der Waals surface area contributed by atoms with Gasteiger partial charge in [0.15, 0.2) is 0 Å². The van der Waals surface area contributed by atoms with Crippen molar-refractivity contribution < 1.29 is 17.7 Å². The number of aromatic nitrogens is 5. The molecule has 0 amide bonds. The van der Waals surface area contributed by atoms with Gasteiger partial charge in [0, 0.05) is 18.0 Å². The van der Waals surface area contributed by atoms with Crippen LogP contribution in [0.3, 0.4) is 0 Å². The van der Waals surface area contributed by atoms with E-state index in [4.69, 9.17) is 4.52 Å². The number of halogens is 3. The first-order valence-electron chi connectivity index (χ1n) is 9.02. The second-order valence-corrected chi connectivity index (χ2v) is 6.92. The average molecular weight is 392 g/mol. The molecule has 28 heavy (non-hydrogen) atoms. The van der Waals surface area contributed by atoms with Gasteiger partial charge in [-0.15, -0.1) is 0 Å². The molecule has 1 saturated heterocycles. The van der Waals surface area contributed by atoms with Crippen LogP contribution in [0.2, 0.25) is 0 Å². The number of hydrogen-bond acceptors (Lipinski definition) is 6. The van der Waals surface area contributed by atoms with Crippen molar-refractivity contribution in [1.29, 1.82) is 0 Å². The molecule has 3 heterocycles. The third-order valence-electron chi connectivity index (χ3n) is 5.07. The molecule has 1 aliphatic heterocycles. The molecule has 2 aromatic heterocycles. The third kappa shape index (κ3) is 3.77. The Morgan fingerprint density at radius 3 is 2.93 bits per heavy atom. The van der Waals surface area contributed by atoms with E-state index in [-0.39, 0.29) is 23.3 Å². The fourth-order valence-corrected chi connectivity index (χ4v) is 3.51. The fraction of sp³-hybridized carbons (Fsp3) is 0.444. The Labute approximate surface area is 159 Å². The van der Waals surface area contributed by atoms with Crippen LogP contribution in [0.15, 0.2) is 35.1 Å². The van der Waals surface area contributed by atoms with Crippen LogP contribution >= 0.6 is 0 Å². The zero-order valence-electron chi connectivity index (χ0n) is 15.1. The van der Waals surface area contributed by atoms with Crippen molar-refractivity contribution in [3.63, 3.8) is 0 Å². The van der Waals surface area contributed by atoms with E-state index < -0.39 is 11.7 Å². The van der Waals surface area contributed by atoms with Crippen LogP contribution in [0.5, 0.6) is 0 Å². The number of piperidine rings is 1. The average Bonchev–Trinajstić information content (AvgIpc) is 3.39. The van der Waals surface area contributed by atoms with Gasteiger partial charge in [0.25, 0.3) is 0 Å². The summed E-state index contributed by atoms with van der Waals surface area (Å²) < 4.78 is 44.2. The van der Waals surface area contributed by atoms with Crippen molar-refractivity contribution in [2.75, 3.05) is 13.1 Å². The molecule has 7 nitrogen and oxygen atoms in total. The summed E-state index contributed by atoms with van der Waals surface area (Å²) in [6.07, 6.45) is -0.918. The topological polar surface area (TPSA) is 83.7 Å². The molecule has 4 rings (SSSR count). The summed E-state index contributed by atoms with van der Waals surface area (Å²) in [4.78, 5) is 10.8. The van der Waals surface area contributed by atoms with Gasteiger partial charge in [-0.3, -0.25) is 10.00 Å². The van der Waals surface area contributed by atoms with E-state index in [2.05, 4.69) is 30.2 Å². The van der Waals surface area contributed by atoms with Gasteiger partial charge in [0.05, 0.1) is 11.6 Å². The lowest BCUT2D eigenvalue weighted by Gasteiger charge is -2.34. The first-order chi connectivity index (χ1) is 13.4. The zero-order valence-corrected chi connectivity index (χ0v) is 15.1. The monoisotopic (exact) mass is 392 g/mol. The molecular formula is C18H19F3N6O. The van der Waals surface area contributed by atoms with Crippen LogP contribution in [-0.2, 0) is 6.18 Å². The Hall–Kier alpha value is -2.75. The standard InChI is InChI=1S/C18H19F3N6O/c1-11(27-7-3-5-13(9-27)15-22-10-23-25-15)17-24-16(26-28-17)12-4-2-6-14(8-12)18(19,20)21/h2,4,6,8,10-11,13H,3,5,7,9H2,1H3,(H,22,23,25)/t11-,13-/m1/s1. The number of H-pyrrole nitrogens is 1. The highest BCUT2D eigenvalue weighted by molar-refractivity contribution is 5.55. The maximum Gasteiger partial charge on any atom is 0.416 e. The minimum absolute atomic E-state index is 0.150. The lowest BCUT2D eigenvalue weighted by molar-refractivity contribution is -0.137. The quantitative estimate of drug-likeness (QED) is 0.727. The molecule has 148 valence electrons. The summed E-state index contributed by atoms with van der Waals surface area (Å²) in [7, 11) is 0. The smallest absolute Gasteiger partial charge is 0.337 e. The zero-order chi connectivity index (χ0) is 19.7. The highest BCUT2D eigenvalue weighted by Gasteiger charge is 2.32. The predicted molar refractivity (Wildman–Crippen MR) is 93.1 cm³/mol. The van der Waals surface area contributed by atoms with Crippen molar-refractivity contribution in [2.24, 2.45) is 0 Å². The normalized spacial score (nSPS) is 19.6. The third-order valence-corrected chi connectivity index (χ3v) is 5.07. The molecule has 1 fully saturated rings. The summed E-state index contributed by atoms with van der Waals surface area (Å²) >= 11 is 0. The maximum absolute atomic E-state index is 12.9. The Morgan fingerprint density at radius 1 is 1.32 bits per heavy atom. The van der Waals surface area contributed by atoms with Gasteiger partial charge in [-0.1, -0.05) is 17.3 Å². The van der Waals surface area contributed by atoms with Crippen molar-refractivity contribution in [1.82, 2.24) is 30.2 Å². The van der Waals surface area contributed by atoms with Gasteiger partial charge in [0.2, 0.25) is 11.7 Å². The van der Waals surface area contributed by atoms with Gasteiger partial charge in [0.1, 0.15) is 12.2 Å². The first-order valence-corrected chi connectivity index (χ1v) is 9.02. The molecule has 0 spiro atoms. The molecule has 0 bridgehead atoms. The molecule has 0 aliphatic carbocycles. The van der Waals surface area contributed by atoms with E-state index in [1.807, 2.05) is 6.92 Å². The highest BCUT2D eigenvalue weighted by atomic mass is 19.4. The lowest BCUT2D eigenvalue weighted by Crippen LogP contribution is -2.36. The number of hydrogen-bond donors (Lipinski definition) is 1. The second kappa shape index (κ2) is 7.34. The molecule has 1 N–H and O–H groups in total. The largest absolute Gasteiger partial charge is 0.416 e. The van der Waals surface area contributed by atoms with Gasteiger partial charge >= 0.3 is 6.18 Å². The number of aromatic amines is 1. The van der Waals surface area contributed by atoms with E-state index in [1.165, 1.54) is 18.5 Å². The van der Waals surface area contributed by atoms with E-state index >= 15 is 0 Å². The molecule has 2 atom stereocenters. The minimum Gasteiger partial charge on any atom is -0.337 e. The Kier molecular flexibility index (Phi) is 4.88. The molecular weight excluding hydrogens is 373 g/mol. The summed E-state index contributed by atoms with van der Waals surface area (Å²) in [5.74, 6) is 1.62. The van der Waals surface area contributed by atoms with Gasteiger partial charge in [-0.25, -0.2) is 4.98 Å². The highest BCUT2D eigenvalue weighted by Crippen LogP contribution is 2.33. The summed E-state index contributed by atoms with van der Waals surface area (Å²) in [5, 5.41) is 10.7. The summed E-state index contributed by atoms with van der Waals surface area (Å²) in [6, 6.07) is 4.77. The van der Waals surface area contributed by atoms with Gasteiger partial charge in [-0.05, 0) is 38.4 Å². The van der Waals surface area contributed by atoms with Gasteiger partial charge in [-0.2, -0.15) is 23.3 Å². The van der Waals surface area contributed by atoms with Crippen LogP contribution in [0.1, 0.15) is 49.0 Å². The number of benzene rings is 1. The van der Waals surface area contributed by atoms with Crippen molar-refractivity contribution in [3.05, 3.63) is 47.9 Å². The molecule has 10 heteroatoms. The van der Waals surface area contributed by atoms with Crippen molar-refractivity contribution >= 4 is 0 Å². The molecule has 0 saturated carbocycles. The minimum atomic E-state index is -4.42. The van der Waals surface area contributed by atoms with E-state index in [1.54, 1.807) is 0 Å². The van der Waals surface area contributed by atoms with Crippen LogP contribution < -0.4 is 0 Å². The first kappa shape index (κ1) is 18.6. The molecule has 1 aromatic carbocycles. The number of rotatable bonds is 4. The summed E-state index contributed by atoms with van der Waals surface area (Å²) in [5.41, 5.74) is -0.467. The second-order valence-electron chi connectivity index (χ2n) is 6.92.